The molecule has 88 valence electrons. The Bertz CT molecular complexity index is 547. The first-order chi connectivity index (χ1) is 8.79. The number of aryl methyl sites for hydroxylation is 1. The predicted octanol–water partition coefficient (Wildman–Crippen LogP) is 2.41. The summed E-state index contributed by atoms with van der Waals surface area (Å²) in [6, 6.07) is 3.90. The highest BCUT2D eigenvalue weighted by molar-refractivity contribution is 5.62. The molecule has 1 aliphatic carbocycles. The van der Waals surface area contributed by atoms with Crippen molar-refractivity contribution in [3.63, 3.8) is 0 Å². The van der Waals surface area contributed by atoms with Crippen LogP contribution in [-0.4, -0.2) is 16.7 Å². The summed E-state index contributed by atoms with van der Waals surface area (Å²) >= 11 is 0. The zero-order chi connectivity index (χ0) is 12.5. The lowest BCUT2D eigenvalue weighted by molar-refractivity contribution is 0.277. The van der Waals surface area contributed by atoms with Gasteiger partial charge in [-0.3, -0.25) is 4.98 Å². The van der Waals surface area contributed by atoms with Crippen molar-refractivity contribution >= 4 is 0 Å². The maximum Gasteiger partial charge on any atom is 0.211 e. The molecule has 0 radical (unpaired) electrons. The third kappa shape index (κ3) is 1.85. The van der Waals surface area contributed by atoms with Crippen molar-refractivity contribution in [1.29, 1.82) is 1.43 Å². The van der Waals surface area contributed by atoms with E-state index in [1.807, 2.05) is 19.1 Å². The van der Waals surface area contributed by atoms with E-state index in [1.165, 1.54) is 0 Å². The predicted molar refractivity (Wildman–Crippen MR) is 62.4 cm³/mol. The van der Waals surface area contributed by atoms with Crippen LogP contribution in [0.5, 0.6) is 0 Å². The number of nitrogens with zero attached hydrogens (tertiary/aromatic N) is 2. The number of aliphatic hydroxyl groups is 1. The molecular weight excluding hydrogens is 216 g/mol. The first-order valence-corrected chi connectivity index (χ1v) is 5.79. The van der Waals surface area contributed by atoms with Gasteiger partial charge in [0.1, 0.15) is 11.5 Å². The van der Waals surface area contributed by atoms with Crippen molar-refractivity contribution in [2.24, 2.45) is 0 Å². The second-order valence-corrected chi connectivity index (χ2v) is 4.48. The summed E-state index contributed by atoms with van der Waals surface area (Å²) in [4.78, 5) is 4.26. The molecule has 2 aromatic rings. The van der Waals surface area contributed by atoms with Crippen LogP contribution in [0.2, 0.25) is 0 Å². The fourth-order valence-corrected chi connectivity index (χ4v) is 1.96. The lowest BCUT2D eigenvalue weighted by Crippen LogP contribution is -1.91. The van der Waals surface area contributed by atoms with Crippen LogP contribution < -0.4 is 0 Å². The molecule has 1 aliphatic rings. The molecule has 0 bridgehead atoms. The van der Waals surface area contributed by atoms with Gasteiger partial charge < -0.3 is 9.63 Å². The molecule has 0 unspecified atom stereocenters. The van der Waals surface area contributed by atoms with E-state index < -0.39 is 0 Å². The Kier molecular flexibility index (Phi) is 2.18. The molecule has 0 spiro atoms. The fourth-order valence-electron chi connectivity index (χ4n) is 1.96. The standard InChI is InChI=1S/C13H14N2O2/c1-8-2-3-10(6-14-8)12-11(7-16)13(17-15-12)9-4-5-9/h2-3,6,9,16H,4-5,7H2,1H3/i16D. The van der Waals surface area contributed by atoms with Gasteiger partial charge in [0.15, 0.2) is 0 Å². The number of aromatic nitrogens is 2. The molecule has 4 heteroatoms. The molecule has 4 nitrogen and oxygen atoms in total. The second kappa shape index (κ2) is 3.96. The van der Waals surface area contributed by atoms with Crippen LogP contribution in [0.15, 0.2) is 22.9 Å². The minimum Gasteiger partial charge on any atom is -0.391 e. The van der Waals surface area contributed by atoms with Crippen LogP contribution in [0.1, 0.15) is 35.8 Å². The number of rotatable bonds is 4. The van der Waals surface area contributed by atoms with Crippen LogP contribution >= 0.6 is 0 Å². The van der Waals surface area contributed by atoms with Gasteiger partial charge >= 0.3 is 0 Å². The normalized spacial score (nSPS) is 15.9. The van der Waals surface area contributed by atoms with Crippen molar-refractivity contribution < 1.29 is 9.63 Å². The maximum absolute atomic E-state index is 6.95. The first-order valence-electron chi connectivity index (χ1n) is 6.20. The van der Waals surface area contributed by atoms with Crippen LogP contribution in [0.4, 0.5) is 0 Å². The quantitative estimate of drug-likeness (QED) is 0.877. The smallest absolute Gasteiger partial charge is 0.211 e. The van der Waals surface area contributed by atoms with Crippen LogP contribution in [0.3, 0.4) is 0 Å². The van der Waals surface area contributed by atoms with Gasteiger partial charge in [-0.15, -0.1) is 0 Å². The molecule has 0 aliphatic heterocycles. The van der Waals surface area contributed by atoms with Crippen LogP contribution in [0.25, 0.3) is 11.3 Å². The number of aliphatic hydroxyl groups excluding tert-OH is 1. The van der Waals surface area contributed by atoms with E-state index in [2.05, 4.69) is 15.2 Å². The Morgan fingerprint density at radius 1 is 1.53 bits per heavy atom. The molecule has 0 aromatic carbocycles. The Balaban J connectivity index is 2.02. The van der Waals surface area contributed by atoms with Crippen molar-refractivity contribution in [3.8, 4) is 11.3 Å². The number of hydrogen-bond donors (Lipinski definition) is 1. The maximum atomic E-state index is 6.95. The Morgan fingerprint density at radius 3 is 3.06 bits per heavy atom. The molecule has 0 saturated heterocycles. The van der Waals surface area contributed by atoms with Crippen LogP contribution in [-0.2, 0) is 6.61 Å². The summed E-state index contributed by atoms with van der Waals surface area (Å²) in [6.07, 6.45) is 4.04. The largest absolute Gasteiger partial charge is 0.391 e. The summed E-state index contributed by atoms with van der Waals surface area (Å²) in [5.74, 6) is 1.33. The van der Waals surface area contributed by atoms with E-state index >= 15 is 0 Å². The number of pyridine rings is 1. The molecule has 2 heterocycles. The van der Waals surface area contributed by atoms with Gasteiger partial charge in [0.05, 0.1) is 6.61 Å². The zero-order valence-corrected chi connectivity index (χ0v) is 9.64. The van der Waals surface area contributed by atoms with Crippen molar-refractivity contribution in [2.75, 3.05) is 0 Å². The summed E-state index contributed by atoms with van der Waals surface area (Å²) in [7, 11) is 0. The highest BCUT2D eigenvalue weighted by Gasteiger charge is 2.32. The van der Waals surface area contributed by atoms with Crippen molar-refractivity contribution in [1.82, 2.24) is 10.1 Å². The van der Waals surface area contributed by atoms with Gasteiger partial charge in [-0.25, -0.2) is 0 Å². The summed E-state index contributed by atoms with van der Waals surface area (Å²) in [5.41, 5.74) is 3.50. The van der Waals surface area contributed by atoms with Gasteiger partial charge in [0, 0.05) is 28.9 Å². The lowest BCUT2D eigenvalue weighted by Gasteiger charge is -2.00. The molecule has 1 saturated carbocycles. The fraction of sp³-hybridized carbons (Fsp3) is 0.385. The van der Waals surface area contributed by atoms with E-state index in [0.717, 1.165) is 41.1 Å². The SMILES string of the molecule is [2H]OCc1c(-c2ccc(C)nc2)noc1C1CC1. The highest BCUT2D eigenvalue weighted by atomic mass is 16.5. The van der Waals surface area contributed by atoms with Crippen LogP contribution in [0, 0.1) is 6.92 Å². The summed E-state index contributed by atoms with van der Waals surface area (Å²) < 4.78 is 12.4. The molecule has 1 fully saturated rings. The van der Waals surface area contributed by atoms with E-state index in [9.17, 15) is 0 Å². The van der Waals surface area contributed by atoms with E-state index in [4.69, 9.17) is 5.95 Å². The van der Waals surface area contributed by atoms with E-state index in [-0.39, 0.29) is 6.61 Å². The minimum atomic E-state index is 0.207. The molecule has 0 amide bonds. The Hall–Kier alpha value is -1.68. The summed E-state index contributed by atoms with van der Waals surface area (Å²) in [6.45, 7) is 2.15. The molecule has 2 aromatic heterocycles. The van der Waals surface area contributed by atoms with Gasteiger partial charge in [-0.05, 0) is 31.9 Å². The third-order valence-corrected chi connectivity index (χ3v) is 3.10. The van der Waals surface area contributed by atoms with E-state index in [0.29, 0.717) is 5.92 Å². The first kappa shape index (κ1) is 9.36. The molecular formula is C13H14N2O2. The zero-order valence-electron chi connectivity index (χ0n) is 10.6. The highest BCUT2D eigenvalue weighted by Crippen LogP contribution is 2.43. The minimum absolute atomic E-state index is 0.207. The topological polar surface area (TPSA) is 59.2 Å². The van der Waals surface area contributed by atoms with Crippen molar-refractivity contribution in [3.05, 3.63) is 35.3 Å². The molecule has 3 rings (SSSR count). The van der Waals surface area contributed by atoms with Gasteiger partial charge in [-0.2, -0.15) is 0 Å². The molecule has 0 atom stereocenters. The Labute approximate surface area is 101 Å². The van der Waals surface area contributed by atoms with Crippen molar-refractivity contribution in [2.45, 2.75) is 32.3 Å². The lowest BCUT2D eigenvalue weighted by atomic mass is 10.1. The van der Waals surface area contributed by atoms with Gasteiger partial charge in [0.2, 0.25) is 1.43 Å². The molecule has 17 heavy (non-hydrogen) atoms. The monoisotopic (exact) mass is 231 g/mol. The number of hydrogen-bond acceptors (Lipinski definition) is 4. The third-order valence-electron chi connectivity index (χ3n) is 3.10. The average molecular weight is 231 g/mol. The summed E-state index contributed by atoms with van der Waals surface area (Å²) in [5, 5.41) is 8.64. The average Bonchev–Trinajstić information content (AvgIpc) is 3.13. The van der Waals surface area contributed by atoms with E-state index in [1.54, 1.807) is 6.20 Å². The Morgan fingerprint density at radius 2 is 2.41 bits per heavy atom. The van der Waals surface area contributed by atoms with Gasteiger partial charge in [-0.1, -0.05) is 5.16 Å². The second-order valence-electron chi connectivity index (χ2n) is 4.48. The molecule has 1 N–H and O–H groups in total. The van der Waals surface area contributed by atoms with Gasteiger partial charge in [0.25, 0.3) is 0 Å².